The lowest BCUT2D eigenvalue weighted by Gasteiger charge is -2.32. The Bertz CT molecular complexity index is 1840. The number of rotatable bonds is 6. The van der Waals surface area contributed by atoms with E-state index in [2.05, 4.69) is 77.2 Å². The Morgan fingerprint density at radius 3 is 2.41 bits per heavy atom. The molecule has 2 aromatic carbocycles. The van der Waals surface area contributed by atoms with Crippen LogP contribution in [0.4, 0.5) is 10.6 Å². The maximum absolute atomic E-state index is 13.5. The molecule has 0 saturated heterocycles. The van der Waals surface area contributed by atoms with E-state index in [1.54, 1.807) is 0 Å². The van der Waals surface area contributed by atoms with Gasteiger partial charge in [-0.15, -0.1) is 10.2 Å². The predicted octanol–water partition coefficient (Wildman–Crippen LogP) is 8.35. The van der Waals surface area contributed by atoms with Crippen molar-refractivity contribution in [1.29, 1.82) is 0 Å². The lowest BCUT2D eigenvalue weighted by Crippen LogP contribution is -2.36. The van der Waals surface area contributed by atoms with Crippen molar-refractivity contribution in [2.75, 3.05) is 5.32 Å². The van der Waals surface area contributed by atoms with Crippen molar-refractivity contribution in [2.24, 2.45) is 0 Å². The largest absolute Gasteiger partial charge is 0.484 e. The summed E-state index contributed by atoms with van der Waals surface area (Å²) in [5.41, 5.74) is 5.82. The third-order valence-electron chi connectivity index (χ3n) is 9.39. The van der Waals surface area contributed by atoms with Gasteiger partial charge in [-0.1, -0.05) is 82.0 Å². The van der Waals surface area contributed by atoms with Crippen molar-refractivity contribution in [3.05, 3.63) is 101 Å². The van der Waals surface area contributed by atoms with Gasteiger partial charge in [0.1, 0.15) is 23.5 Å². The monoisotopic (exact) mass is 617 g/mol. The Morgan fingerprint density at radius 2 is 1.65 bits per heavy atom. The van der Waals surface area contributed by atoms with Gasteiger partial charge in [0.05, 0.1) is 23.6 Å². The summed E-state index contributed by atoms with van der Waals surface area (Å²) < 4.78 is 10.6. The van der Waals surface area contributed by atoms with Gasteiger partial charge >= 0.3 is 6.03 Å². The highest BCUT2D eigenvalue weighted by Gasteiger charge is 2.30. The number of amides is 2. The first kappa shape index (κ1) is 30.0. The summed E-state index contributed by atoms with van der Waals surface area (Å²) in [5.74, 6) is 2.92. The number of carbonyl (C=O) groups is 1. The highest BCUT2D eigenvalue weighted by Crippen LogP contribution is 2.39. The van der Waals surface area contributed by atoms with Crippen LogP contribution in [0.15, 0.2) is 72.9 Å². The number of fused-ring (bicyclic) bond motifs is 2. The molecule has 0 aliphatic heterocycles. The molecule has 0 unspecified atom stereocenters. The topological polar surface area (TPSA) is 98.4 Å². The molecular weight excluding hydrogens is 574 g/mol. The number of pyridine rings is 1. The molecule has 9 heteroatoms. The van der Waals surface area contributed by atoms with E-state index in [-0.39, 0.29) is 23.6 Å². The van der Waals surface area contributed by atoms with Crippen LogP contribution < -0.4 is 15.4 Å². The number of urea groups is 1. The van der Waals surface area contributed by atoms with Crippen LogP contribution in [-0.2, 0) is 5.41 Å². The highest BCUT2D eigenvalue weighted by molar-refractivity contribution is 5.89. The maximum Gasteiger partial charge on any atom is 0.320 e. The fourth-order valence-electron chi connectivity index (χ4n) is 6.82. The standard InChI is InChI=1S/C37H43N7O2/c1-24-14-16-26(17-15-24)44-34(22-32(42-44)37(2,3)4)39-36(45)38-30-19-20-31(29-13-9-8-12-28(29)30)46-27-18-21-33-40-41-35(43(33)23-27)25-10-6-5-7-11-25/h8-9,12-18,21-23,25,30-31H,5-7,10-11,19-20H2,1-4H3,(H2,38,39,45)/t30-,31+/m0/s1. The number of nitrogens with zero attached hydrogens (tertiary/aromatic N) is 5. The molecule has 2 N–H and O–H groups in total. The van der Waals surface area contributed by atoms with Gasteiger partial charge in [0, 0.05) is 17.4 Å². The summed E-state index contributed by atoms with van der Waals surface area (Å²) in [5, 5.41) is 20.2. The van der Waals surface area contributed by atoms with Crippen LogP contribution in [0.1, 0.15) is 112 Å². The zero-order chi connectivity index (χ0) is 31.8. The Labute approximate surface area is 270 Å². The zero-order valence-corrected chi connectivity index (χ0v) is 27.2. The van der Waals surface area contributed by atoms with E-state index < -0.39 is 0 Å². The summed E-state index contributed by atoms with van der Waals surface area (Å²) >= 11 is 0. The summed E-state index contributed by atoms with van der Waals surface area (Å²) in [6.07, 6.45) is 9.56. The molecule has 3 aromatic heterocycles. The maximum atomic E-state index is 13.5. The molecule has 2 atom stereocenters. The second kappa shape index (κ2) is 12.3. The number of carbonyl (C=O) groups excluding carboxylic acids is 1. The fourth-order valence-corrected chi connectivity index (χ4v) is 6.82. The second-order valence-electron chi connectivity index (χ2n) is 13.9. The highest BCUT2D eigenvalue weighted by atomic mass is 16.5. The van der Waals surface area contributed by atoms with E-state index in [1.165, 1.54) is 24.8 Å². The van der Waals surface area contributed by atoms with Crippen molar-refractivity contribution in [2.45, 2.75) is 96.1 Å². The molecule has 0 radical (unpaired) electrons. The molecule has 9 nitrogen and oxygen atoms in total. The Balaban J connectivity index is 1.09. The Morgan fingerprint density at radius 1 is 0.891 bits per heavy atom. The molecule has 7 rings (SSSR count). The Kier molecular flexibility index (Phi) is 8.01. The SMILES string of the molecule is Cc1ccc(-n2nc(C(C)(C)C)cc2NC(=O)N[C@H]2CC[C@@H](Oc3ccc4nnc(C5CCCCC5)n4c3)c3ccccc32)cc1. The number of benzene rings is 2. The minimum absolute atomic E-state index is 0.123. The van der Waals surface area contributed by atoms with Crippen molar-refractivity contribution < 1.29 is 9.53 Å². The van der Waals surface area contributed by atoms with E-state index in [0.717, 1.165) is 65.4 Å². The van der Waals surface area contributed by atoms with Gasteiger partial charge < -0.3 is 10.1 Å². The number of ether oxygens (including phenoxy) is 1. The van der Waals surface area contributed by atoms with Crippen LogP contribution in [0.3, 0.4) is 0 Å². The van der Waals surface area contributed by atoms with Crippen molar-refractivity contribution in [1.82, 2.24) is 29.7 Å². The van der Waals surface area contributed by atoms with E-state index in [0.29, 0.717) is 11.7 Å². The van der Waals surface area contributed by atoms with Crippen LogP contribution in [0.5, 0.6) is 5.75 Å². The molecule has 2 amide bonds. The van der Waals surface area contributed by atoms with Crippen LogP contribution >= 0.6 is 0 Å². The van der Waals surface area contributed by atoms with E-state index in [1.807, 2.05) is 53.3 Å². The van der Waals surface area contributed by atoms with Gasteiger partial charge in [0.2, 0.25) is 0 Å². The minimum Gasteiger partial charge on any atom is -0.484 e. The second-order valence-corrected chi connectivity index (χ2v) is 13.9. The third-order valence-corrected chi connectivity index (χ3v) is 9.39. The molecule has 5 aromatic rings. The molecule has 238 valence electrons. The summed E-state index contributed by atoms with van der Waals surface area (Å²) in [6.45, 7) is 8.42. The van der Waals surface area contributed by atoms with E-state index in [4.69, 9.17) is 9.84 Å². The summed E-state index contributed by atoms with van der Waals surface area (Å²) in [6, 6.07) is 21.9. The Hall–Kier alpha value is -4.66. The fraction of sp³-hybridized carbons (Fsp3) is 0.405. The average molecular weight is 618 g/mol. The van der Waals surface area contributed by atoms with Gasteiger partial charge in [0.25, 0.3) is 0 Å². The van der Waals surface area contributed by atoms with Crippen LogP contribution in [0, 0.1) is 6.92 Å². The number of nitrogens with one attached hydrogen (secondary N) is 2. The molecule has 2 aliphatic carbocycles. The van der Waals surface area contributed by atoms with Crippen LogP contribution in [0.25, 0.3) is 11.3 Å². The molecule has 2 aliphatic rings. The van der Waals surface area contributed by atoms with Crippen molar-refractivity contribution in [3.63, 3.8) is 0 Å². The quantitative estimate of drug-likeness (QED) is 0.200. The number of aryl methyl sites for hydroxylation is 1. The third kappa shape index (κ3) is 6.10. The van der Waals surface area contributed by atoms with E-state index in [9.17, 15) is 4.79 Å². The number of hydrogen-bond acceptors (Lipinski definition) is 5. The lowest BCUT2D eigenvalue weighted by molar-refractivity contribution is 0.171. The molecule has 0 spiro atoms. The first-order valence-corrected chi connectivity index (χ1v) is 16.6. The van der Waals surface area contributed by atoms with E-state index >= 15 is 0 Å². The summed E-state index contributed by atoms with van der Waals surface area (Å²) in [7, 11) is 0. The number of aromatic nitrogens is 5. The minimum atomic E-state index is -0.263. The van der Waals surface area contributed by atoms with Crippen LogP contribution in [0.2, 0.25) is 0 Å². The van der Waals surface area contributed by atoms with Crippen LogP contribution in [-0.4, -0.2) is 30.4 Å². The molecule has 1 fully saturated rings. The average Bonchev–Trinajstić information content (AvgIpc) is 3.68. The lowest BCUT2D eigenvalue weighted by atomic mass is 9.85. The van der Waals surface area contributed by atoms with Crippen molar-refractivity contribution >= 4 is 17.5 Å². The summed E-state index contributed by atoms with van der Waals surface area (Å²) in [4.78, 5) is 13.5. The van der Waals surface area contributed by atoms with Gasteiger partial charge in [-0.25, -0.2) is 9.48 Å². The first-order valence-electron chi connectivity index (χ1n) is 16.6. The van der Waals surface area contributed by atoms with Gasteiger partial charge in [-0.2, -0.15) is 5.10 Å². The smallest absolute Gasteiger partial charge is 0.320 e. The zero-order valence-electron chi connectivity index (χ0n) is 27.2. The van der Waals surface area contributed by atoms with Gasteiger partial charge in [-0.3, -0.25) is 9.72 Å². The van der Waals surface area contributed by atoms with Gasteiger partial charge in [0.15, 0.2) is 5.65 Å². The van der Waals surface area contributed by atoms with Gasteiger partial charge in [-0.05, 0) is 68.0 Å². The predicted molar refractivity (Wildman–Crippen MR) is 180 cm³/mol. The van der Waals surface area contributed by atoms with Crippen molar-refractivity contribution in [3.8, 4) is 11.4 Å². The number of hydrogen-bond donors (Lipinski definition) is 2. The normalized spacial score (nSPS) is 18.7. The molecule has 0 bridgehead atoms. The number of anilines is 1. The molecule has 1 saturated carbocycles. The first-order chi connectivity index (χ1) is 22.2. The molecular formula is C37H43N7O2. The molecule has 46 heavy (non-hydrogen) atoms. The molecule has 3 heterocycles.